The first kappa shape index (κ1) is 9.40. The van der Waals surface area contributed by atoms with E-state index in [1.165, 1.54) is 0 Å². The average molecular weight is 192 g/mol. The first-order valence-electron chi connectivity index (χ1n) is 1.46. The van der Waals surface area contributed by atoms with Crippen molar-refractivity contribution in [2.24, 2.45) is 0 Å². The summed E-state index contributed by atoms with van der Waals surface area (Å²) in [5, 5.41) is 0. The molecule has 0 unspecified atom stereocenters. The van der Waals surface area contributed by atoms with Crippen molar-refractivity contribution in [3.05, 3.63) is 0 Å². The zero-order valence-corrected chi connectivity index (χ0v) is 5.45. The number of nitrogens with one attached hydrogen (secondary N) is 1. The van der Waals surface area contributed by atoms with Crippen LogP contribution in [0.3, 0.4) is 0 Å². The van der Waals surface area contributed by atoms with Gasteiger partial charge in [-0.25, -0.2) is 0 Å². The van der Waals surface area contributed by atoms with Crippen molar-refractivity contribution in [2.75, 3.05) is 0 Å². The average Bonchev–Trinajstić information content (AvgIpc) is 1.16. The Morgan fingerprint density at radius 1 is 1.00 bits per heavy atom. The summed E-state index contributed by atoms with van der Waals surface area (Å²) in [6.45, 7) is 0. The van der Waals surface area contributed by atoms with Crippen LogP contribution in [0.5, 0.6) is 0 Å². The summed E-state index contributed by atoms with van der Waals surface area (Å²) in [5.41, 5.74) is 0. The summed E-state index contributed by atoms with van der Waals surface area (Å²) in [4.78, 5) is -0.346. The van der Waals surface area contributed by atoms with Gasteiger partial charge in [0.1, 0.15) is 0 Å². The molecule has 0 bridgehead atoms. The van der Waals surface area contributed by atoms with E-state index in [9.17, 15) is 25.2 Å². The monoisotopic (exact) mass is 192 g/mol. The predicted molar refractivity (Wildman–Crippen MR) is 23.6 cm³/mol. The van der Waals surface area contributed by atoms with E-state index in [0.717, 1.165) is 0 Å². The van der Waals surface area contributed by atoms with Crippen LogP contribution in [0, 0.1) is 0 Å². The minimum atomic E-state index is -8.14. The SMILES string of the molecule is FP(F)[15NH]P(F)(F)(F)F. The van der Waals surface area contributed by atoms with Gasteiger partial charge in [0, 0.05) is 0 Å². The molecular weight excluding hydrogens is 191 g/mol. The van der Waals surface area contributed by atoms with Gasteiger partial charge in [-0.15, -0.1) is 0 Å². The molecule has 0 spiro atoms. The predicted octanol–water partition coefficient (Wildman–Crippen LogP) is 3.75. The van der Waals surface area contributed by atoms with Gasteiger partial charge in [0.2, 0.25) is 0 Å². The van der Waals surface area contributed by atoms with Gasteiger partial charge >= 0.3 is 46.7 Å². The van der Waals surface area contributed by atoms with Crippen molar-refractivity contribution in [1.29, 1.82) is 0 Å². The van der Waals surface area contributed by atoms with E-state index in [1.54, 1.807) is 0 Å². The van der Waals surface area contributed by atoms with E-state index < -0.39 is 16.7 Å². The van der Waals surface area contributed by atoms with Gasteiger partial charge in [-0.1, -0.05) is 0 Å². The van der Waals surface area contributed by atoms with Crippen molar-refractivity contribution in [3.63, 3.8) is 0 Å². The Kier molecular flexibility index (Phi) is 2.32. The summed E-state index contributed by atoms with van der Waals surface area (Å²) in [7, 11) is -12.6. The summed E-state index contributed by atoms with van der Waals surface area (Å²) in [5.74, 6) is 0. The van der Waals surface area contributed by atoms with Gasteiger partial charge in [-0.3, -0.25) is 0 Å². The number of hydrogen-bond acceptors (Lipinski definition) is 1. The summed E-state index contributed by atoms with van der Waals surface area (Å²) >= 11 is 0. The van der Waals surface area contributed by atoms with Crippen LogP contribution in [-0.4, -0.2) is 0 Å². The Hall–Kier alpha value is 0.400. The molecule has 58 valence electrons. The second kappa shape index (κ2) is 2.22. The third-order valence-electron chi connectivity index (χ3n) is 0.227. The normalized spacial score (nSPS) is 17.4. The molecule has 9 heavy (non-hydrogen) atoms. The molecule has 0 radical (unpaired) electrons. The van der Waals surface area contributed by atoms with Gasteiger partial charge in [0.05, 0.1) is 0 Å². The molecule has 0 aromatic carbocycles. The molecule has 0 atom stereocenters. The van der Waals surface area contributed by atoms with Gasteiger partial charge in [-0.05, 0) is 0 Å². The molecule has 0 aliphatic heterocycles. The Morgan fingerprint density at radius 2 is 1.33 bits per heavy atom. The first-order valence-corrected chi connectivity index (χ1v) is 4.38. The van der Waals surface area contributed by atoms with Gasteiger partial charge < -0.3 is 0 Å². The van der Waals surface area contributed by atoms with Crippen molar-refractivity contribution in [3.8, 4) is 0 Å². The summed E-state index contributed by atoms with van der Waals surface area (Å²) < 4.78 is 65.1. The van der Waals surface area contributed by atoms with Crippen LogP contribution in [0.4, 0.5) is 25.2 Å². The van der Waals surface area contributed by atoms with E-state index in [2.05, 4.69) is 0 Å². The number of halogens is 6. The minimum absolute atomic E-state index is 0.346. The van der Waals surface area contributed by atoms with E-state index in [-0.39, 0.29) is 4.86 Å². The quantitative estimate of drug-likeness (QED) is 0.399. The Balaban J connectivity index is 3.89. The molecule has 0 saturated carbocycles. The molecule has 9 heteroatoms. The molecule has 0 amide bonds. The number of rotatable bonds is 2. The van der Waals surface area contributed by atoms with Crippen LogP contribution in [0.1, 0.15) is 0 Å². The van der Waals surface area contributed by atoms with Gasteiger partial charge in [-0.2, -0.15) is 0 Å². The molecule has 0 aromatic heterocycles. The van der Waals surface area contributed by atoms with Crippen molar-refractivity contribution >= 4 is 16.7 Å². The van der Waals surface area contributed by atoms with Crippen LogP contribution >= 0.6 is 16.7 Å². The Morgan fingerprint density at radius 3 is 1.33 bits per heavy atom. The van der Waals surface area contributed by atoms with Crippen molar-refractivity contribution < 1.29 is 25.2 Å². The molecule has 0 aromatic rings. The second-order valence-corrected chi connectivity index (χ2v) is 3.76. The van der Waals surface area contributed by atoms with E-state index in [4.69, 9.17) is 0 Å². The molecule has 1 nitrogen and oxygen atoms in total. The maximum absolute atomic E-state index is 10.9. The summed E-state index contributed by atoms with van der Waals surface area (Å²) in [6, 6.07) is 0. The van der Waals surface area contributed by atoms with Crippen LogP contribution in [-0.2, 0) is 0 Å². The molecule has 0 aliphatic rings. The van der Waals surface area contributed by atoms with Gasteiger partial charge in [0.25, 0.3) is 0 Å². The summed E-state index contributed by atoms with van der Waals surface area (Å²) in [6.07, 6.45) is 0. The third kappa shape index (κ3) is 8.40. The Bertz CT molecular complexity index is 92.1. The maximum atomic E-state index is 10.9. The standard InChI is InChI=1S/F6HNP2/c1-8(2)7-9(3,4,5)6/h7H/i7+1. The Labute approximate surface area is 47.9 Å². The van der Waals surface area contributed by atoms with E-state index in [0.29, 0.717) is 0 Å². The molecular formula is HF6NP2. The van der Waals surface area contributed by atoms with E-state index >= 15 is 0 Å². The van der Waals surface area contributed by atoms with E-state index in [1.807, 2.05) is 0 Å². The van der Waals surface area contributed by atoms with Crippen LogP contribution in [0.15, 0.2) is 0 Å². The fourth-order valence-corrected chi connectivity index (χ4v) is 1.03. The zero-order valence-electron chi connectivity index (χ0n) is 3.66. The third-order valence-corrected chi connectivity index (χ3v) is 2.04. The van der Waals surface area contributed by atoms with Crippen LogP contribution in [0.25, 0.3) is 0 Å². The number of hydrogen-bond donors (Lipinski definition) is 1. The molecule has 0 rings (SSSR count). The zero-order chi connectivity index (χ0) is 7.73. The fraction of sp³-hybridized carbons (Fsp3) is 0. The van der Waals surface area contributed by atoms with Gasteiger partial charge in [0.15, 0.2) is 0 Å². The van der Waals surface area contributed by atoms with Crippen molar-refractivity contribution in [1.82, 2.24) is 4.86 Å². The van der Waals surface area contributed by atoms with Crippen LogP contribution < -0.4 is 4.86 Å². The topological polar surface area (TPSA) is 12.0 Å². The van der Waals surface area contributed by atoms with Crippen LogP contribution in [0.2, 0.25) is 0 Å². The molecule has 1 N–H and O–H groups in total. The molecule has 0 heterocycles. The van der Waals surface area contributed by atoms with Crippen molar-refractivity contribution in [2.45, 2.75) is 0 Å². The first-order chi connectivity index (χ1) is 3.67. The second-order valence-electron chi connectivity index (χ2n) is 1.05. The molecule has 0 fully saturated rings. The molecule has 0 aliphatic carbocycles. The molecule has 0 saturated heterocycles. The fourth-order valence-electron chi connectivity index (χ4n) is 0.114.